The number of rotatable bonds is 4. The number of pyridine rings is 1. The van der Waals surface area contributed by atoms with E-state index in [4.69, 9.17) is 14.0 Å². The Morgan fingerprint density at radius 3 is 2.21 bits per heavy atom. The summed E-state index contributed by atoms with van der Waals surface area (Å²) < 4.78 is 59.1. The molecule has 1 aromatic heterocycles. The Morgan fingerprint density at radius 2 is 1.69 bits per heavy atom. The van der Waals surface area contributed by atoms with Gasteiger partial charge in [0.15, 0.2) is 6.29 Å². The first-order valence-corrected chi connectivity index (χ1v) is 8.97. The Morgan fingerprint density at radius 1 is 1.07 bits per heavy atom. The van der Waals surface area contributed by atoms with Gasteiger partial charge in [-0.2, -0.15) is 13.2 Å². The summed E-state index contributed by atoms with van der Waals surface area (Å²) in [5, 5.41) is 0. The van der Waals surface area contributed by atoms with Crippen LogP contribution in [-0.4, -0.2) is 36.7 Å². The zero-order chi connectivity index (χ0) is 21.6. The summed E-state index contributed by atoms with van der Waals surface area (Å²) in [6.07, 6.45) is -4.16. The third-order valence-electron chi connectivity index (χ3n) is 5.37. The quantitative estimate of drug-likeness (QED) is 0.569. The molecule has 0 N–H and O–H groups in total. The third-order valence-corrected chi connectivity index (χ3v) is 5.37. The van der Waals surface area contributed by atoms with Crippen molar-refractivity contribution in [3.8, 4) is 17.1 Å². The normalized spacial score (nSPS) is 18.0. The fraction of sp³-hybridized carbons (Fsp3) is 0.400. The van der Waals surface area contributed by atoms with Gasteiger partial charge in [-0.1, -0.05) is 18.2 Å². The summed E-state index contributed by atoms with van der Waals surface area (Å²) in [6, 6.07) is 6.87. The average Bonchev–Trinajstić information content (AvgIpc) is 2.87. The minimum atomic E-state index is -4.69. The van der Waals surface area contributed by atoms with Gasteiger partial charge in [-0.05, 0) is 45.3 Å². The molecule has 154 valence electrons. The molecular formula is C20H21BF3NO4. The minimum absolute atomic E-state index is 0.0261. The molecule has 0 bridgehead atoms. The number of benzene rings is 1. The first-order valence-electron chi connectivity index (χ1n) is 8.97. The second kappa shape index (κ2) is 7.14. The number of alkyl halides is 3. The van der Waals surface area contributed by atoms with Crippen LogP contribution in [0.5, 0.6) is 5.88 Å². The average molecular weight is 407 g/mol. The van der Waals surface area contributed by atoms with E-state index in [0.717, 1.165) is 0 Å². The van der Waals surface area contributed by atoms with Gasteiger partial charge in [-0.3, -0.25) is 4.79 Å². The molecule has 0 spiro atoms. The van der Waals surface area contributed by atoms with Crippen molar-refractivity contribution in [1.29, 1.82) is 0 Å². The van der Waals surface area contributed by atoms with E-state index in [1.807, 2.05) is 0 Å². The standard InChI is InChI=1S/C20H21BF3NO4/c1-18(2)19(3,4)29-21(28-18)14-8-6-7-13(16(14)20(22,23)24)15-10-9-12(11-26)17(25-15)27-5/h6-11H,1-5H3. The zero-order valence-corrected chi connectivity index (χ0v) is 16.8. The highest BCUT2D eigenvalue weighted by Gasteiger charge is 2.54. The molecule has 2 heterocycles. The predicted octanol–water partition coefficient (Wildman–Crippen LogP) is 3.89. The number of nitrogens with zero attached hydrogens (tertiary/aromatic N) is 1. The second-order valence-electron chi connectivity index (χ2n) is 7.77. The number of carbonyl (C=O) groups excluding carboxylic acids is 1. The van der Waals surface area contributed by atoms with Crippen molar-refractivity contribution in [3.05, 3.63) is 41.5 Å². The lowest BCUT2D eigenvalue weighted by atomic mass is 9.74. The maximum absolute atomic E-state index is 14.1. The largest absolute Gasteiger partial charge is 0.495 e. The van der Waals surface area contributed by atoms with Crippen molar-refractivity contribution in [2.24, 2.45) is 0 Å². The van der Waals surface area contributed by atoms with Gasteiger partial charge in [0.1, 0.15) is 0 Å². The van der Waals surface area contributed by atoms with E-state index in [2.05, 4.69) is 4.98 Å². The molecule has 3 rings (SSSR count). The molecule has 1 aliphatic heterocycles. The lowest BCUT2D eigenvalue weighted by molar-refractivity contribution is -0.136. The Bertz CT molecular complexity index is 928. The molecular weight excluding hydrogens is 386 g/mol. The SMILES string of the molecule is COc1nc(-c2cccc(B3OC(C)(C)C(C)(C)O3)c2C(F)(F)F)ccc1C=O. The Balaban J connectivity index is 2.19. The highest BCUT2D eigenvalue weighted by molar-refractivity contribution is 6.62. The van der Waals surface area contributed by atoms with E-state index in [-0.39, 0.29) is 28.2 Å². The van der Waals surface area contributed by atoms with E-state index in [1.54, 1.807) is 27.7 Å². The van der Waals surface area contributed by atoms with Crippen LogP contribution in [0.3, 0.4) is 0 Å². The lowest BCUT2D eigenvalue weighted by Gasteiger charge is -2.32. The molecule has 0 unspecified atom stereocenters. The van der Waals surface area contributed by atoms with Crippen LogP contribution in [0.2, 0.25) is 0 Å². The highest BCUT2D eigenvalue weighted by atomic mass is 19.4. The topological polar surface area (TPSA) is 57.6 Å². The van der Waals surface area contributed by atoms with Crippen molar-refractivity contribution >= 4 is 18.9 Å². The number of aromatic nitrogens is 1. The van der Waals surface area contributed by atoms with Gasteiger partial charge < -0.3 is 14.0 Å². The van der Waals surface area contributed by atoms with Crippen molar-refractivity contribution in [3.63, 3.8) is 0 Å². The molecule has 29 heavy (non-hydrogen) atoms. The molecule has 1 fully saturated rings. The summed E-state index contributed by atoms with van der Waals surface area (Å²) in [5.41, 5.74) is -2.58. The fourth-order valence-electron chi connectivity index (χ4n) is 3.12. The molecule has 1 saturated heterocycles. The number of hydrogen-bond donors (Lipinski definition) is 0. The van der Waals surface area contributed by atoms with Crippen LogP contribution >= 0.6 is 0 Å². The van der Waals surface area contributed by atoms with Gasteiger partial charge >= 0.3 is 13.3 Å². The highest BCUT2D eigenvalue weighted by Crippen LogP contribution is 2.40. The van der Waals surface area contributed by atoms with Gasteiger partial charge in [-0.25, -0.2) is 4.98 Å². The maximum atomic E-state index is 14.1. The van der Waals surface area contributed by atoms with Gasteiger partial charge in [0.2, 0.25) is 5.88 Å². The van der Waals surface area contributed by atoms with Gasteiger partial charge in [0.05, 0.1) is 35.1 Å². The second-order valence-corrected chi connectivity index (χ2v) is 7.77. The van der Waals surface area contributed by atoms with Crippen LogP contribution in [0.15, 0.2) is 30.3 Å². The van der Waals surface area contributed by atoms with Gasteiger partial charge in [-0.15, -0.1) is 0 Å². The first-order chi connectivity index (χ1) is 13.4. The van der Waals surface area contributed by atoms with Crippen molar-refractivity contribution in [2.75, 3.05) is 7.11 Å². The number of ether oxygens (including phenoxy) is 1. The number of halogens is 3. The molecule has 1 aromatic carbocycles. The fourth-order valence-corrected chi connectivity index (χ4v) is 3.12. The van der Waals surface area contributed by atoms with Crippen LogP contribution < -0.4 is 10.2 Å². The first kappa shape index (κ1) is 21.3. The molecule has 5 nitrogen and oxygen atoms in total. The molecule has 0 saturated carbocycles. The van der Waals surface area contributed by atoms with Gasteiger partial charge in [0, 0.05) is 5.56 Å². The van der Waals surface area contributed by atoms with E-state index in [0.29, 0.717) is 6.29 Å². The van der Waals surface area contributed by atoms with Crippen LogP contribution in [0.25, 0.3) is 11.3 Å². The molecule has 0 atom stereocenters. The molecule has 2 aromatic rings. The van der Waals surface area contributed by atoms with Crippen LogP contribution in [0, 0.1) is 0 Å². The van der Waals surface area contributed by atoms with E-state index < -0.39 is 30.1 Å². The predicted molar refractivity (Wildman–Crippen MR) is 102 cm³/mol. The van der Waals surface area contributed by atoms with Crippen molar-refractivity contribution in [1.82, 2.24) is 4.98 Å². The third kappa shape index (κ3) is 3.76. The Kier molecular flexibility index (Phi) is 5.25. The molecule has 1 aliphatic rings. The zero-order valence-electron chi connectivity index (χ0n) is 16.8. The number of carbonyl (C=O) groups is 1. The Labute approximate surface area is 167 Å². The van der Waals surface area contributed by atoms with E-state index >= 15 is 0 Å². The molecule has 0 aliphatic carbocycles. The van der Waals surface area contributed by atoms with Crippen molar-refractivity contribution < 1.29 is 32.0 Å². The number of hydrogen-bond acceptors (Lipinski definition) is 5. The maximum Gasteiger partial charge on any atom is 0.495 e. The molecule has 0 radical (unpaired) electrons. The summed E-state index contributed by atoms with van der Waals surface area (Å²) in [5.74, 6) is -0.0494. The molecule has 9 heteroatoms. The minimum Gasteiger partial charge on any atom is -0.480 e. The van der Waals surface area contributed by atoms with Crippen LogP contribution in [0.1, 0.15) is 43.6 Å². The van der Waals surface area contributed by atoms with E-state index in [9.17, 15) is 18.0 Å². The van der Waals surface area contributed by atoms with Crippen molar-refractivity contribution in [2.45, 2.75) is 45.1 Å². The summed E-state index contributed by atoms with van der Waals surface area (Å²) >= 11 is 0. The van der Waals surface area contributed by atoms with Gasteiger partial charge in [0.25, 0.3) is 0 Å². The summed E-state index contributed by atoms with van der Waals surface area (Å²) in [6.45, 7) is 7.09. The van der Waals surface area contributed by atoms with Crippen LogP contribution in [0.4, 0.5) is 13.2 Å². The number of methoxy groups -OCH3 is 1. The number of aldehydes is 1. The monoisotopic (exact) mass is 407 g/mol. The smallest absolute Gasteiger partial charge is 0.480 e. The lowest BCUT2D eigenvalue weighted by Crippen LogP contribution is -2.41. The summed E-state index contributed by atoms with van der Waals surface area (Å²) in [4.78, 5) is 15.2. The van der Waals surface area contributed by atoms with Crippen LogP contribution in [-0.2, 0) is 15.5 Å². The van der Waals surface area contributed by atoms with E-state index in [1.165, 1.54) is 37.4 Å². The Hall–Kier alpha value is -2.39. The summed E-state index contributed by atoms with van der Waals surface area (Å²) in [7, 11) is 0.109. The molecule has 0 amide bonds.